The van der Waals surface area contributed by atoms with Crippen LogP contribution in [0.3, 0.4) is 0 Å². The summed E-state index contributed by atoms with van der Waals surface area (Å²) < 4.78 is 38.1. The van der Waals surface area contributed by atoms with Crippen LogP contribution in [0.1, 0.15) is 5.56 Å². The van der Waals surface area contributed by atoms with Gasteiger partial charge in [-0.05, 0) is 17.5 Å². The Bertz CT molecular complexity index is 655. The SMILES string of the molecule is COc1ccc(C(F)(F)COCC(=O)O)c2ccccc12. The Kier molecular flexibility index (Phi) is 4.37. The number of ether oxygens (including phenoxy) is 2. The standard InChI is InChI=1S/C15H14F2O4/c1-20-13-7-6-12(10-4-2-3-5-11(10)13)15(16,17)9-21-8-14(18)19/h2-7H,8-9H2,1H3,(H,18,19). The van der Waals surface area contributed by atoms with E-state index in [4.69, 9.17) is 9.84 Å². The summed E-state index contributed by atoms with van der Waals surface area (Å²) in [5.41, 5.74) is -0.218. The maximum Gasteiger partial charge on any atom is 0.329 e. The highest BCUT2D eigenvalue weighted by Crippen LogP contribution is 2.37. The number of hydrogen-bond donors (Lipinski definition) is 1. The van der Waals surface area contributed by atoms with E-state index in [0.29, 0.717) is 16.5 Å². The number of fused-ring (bicyclic) bond motifs is 1. The lowest BCUT2D eigenvalue weighted by Gasteiger charge is -2.19. The van der Waals surface area contributed by atoms with Crippen LogP contribution in [-0.2, 0) is 15.5 Å². The highest BCUT2D eigenvalue weighted by atomic mass is 19.3. The van der Waals surface area contributed by atoms with Gasteiger partial charge in [0, 0.05) is 10.9 Å². The lowest BCUT2D eigenvalue weighted by Crippen LogP contribution is -2.23. The molecular formula is C15H14F2O4. The van der Waals surface area contributed by atoms with Crippen LogP contribution in [0.25, 0.3) is 10.8 Å². The largest absolute Gasteiger partial charge is 0.496 e. The zero-order valence-corrected chi connectivity index (χ0v) is 11.3. The highest BCUT2D eigenvalue weighted by molar-refractivity contribution is 5.91. The molecule has 4 nitrogen and oxygen atoms in total. The average Bonchev–Trinajstić information content (AvgIpc) is 2.45. The minimum atomic E-state index is -3.29. The van der Waals surface area contributed by atoms with Crippen LogP contribution in [0, 0.1) is 0 Å². The number of benzene rings is 2. The molecule has 0 saturated heterocycles. The Balaban J connectivity index is 2.39. The van der Waals surface area contributed by atoms with E-state index in [1.165, 1.54) is 19.2 Å². The van der Waals surface area contributed by atoms with Gasteiger partial charge in [-0.1, -0.05) is 24.3 Å². The Morgan fingerprint density at radius 2 is 1.86 bits per heavy atom. The minimum Gasteiger partial charge on any atom is -0.496 e. The second kappa shape index (κ2) is 6.05. The number of alkyl halides is 2. The zero-order chi connectivity index (χ0) is 15.5. The molecule has 0 aliphatic rings. The molecule has 2 aromatic carbocycles. The van der Waals surface area contributed by atoms with E-state index < -0.39 is 25.1 Å². The number of carboxylic acid groups (broad SMARTS) is 1. The van der Waals surface area contributed by atoms with Crippen molar-refractivity contribution in [2.75, 3.05) is 20.3 Å². The van der Waals surface area contributed by atoms with Crippen molar-refractivity contribution < 1.29 is 28.2 Å². The predicted octanol–water partition coefficient (Wildman–Crippen LogP) is 3.04. The fraction of sp³-hybridized carbons (Fsp3) is 0.267. The first-order valence-electron chi connectivity index (χ1n) is 6.19. The summed E-state index contributed by atoms with van der Waals surface area (Å²) in [4.78, 5) is 10.3. The number of methoxy groups -OCH3 is 1. The molecule has 6 heteroatoms. The number of halogens is 2. The predicted molar refractivity (Wildman–Crippen MR) is 72.8 cm³/mol. The maximum atomic E-state index is 14.2. The van der Waals surface area contributed by atoms with E-state index in [1.807, 2.05) is 0 Å². The monoisotopic (exact) mass is 296 g/mol. The molecule has 0 amide bonds. The molecule has 2 rings (SSSR count). The highest BCUT2D eigenvalue weighted by Gasteiger charge is 2.34. The normalized spacial score (nSPS) is 11.6. The molecule has 0 spiro atoms. The van der Waals surface area contributed by atoms with Crippen LogP contribution < -0.4 is 4.74 Å². The molecule has 0 fully saturated rings. The number of hydrogen-bond acceptors (Lipinski definition) is 3. The molecule has 0 unspecified atom stereocenters. The second-order valence-corrected chi connectivity index (χ2v) is 4.45. The third-order valence-corrected chi connectivity index (χ3v) is 3.01. The maximum absolute atomic E-state index is 14.2. The van der Waals surface area contributed by atoms with Gasteiger partial charge in [0.15, 0.2) is 0 Å². The van der Waals surface area contributed by atoms with Crippen molar-refractivity contribution in [1.29, 1.82) is 0 Å². The van der Waals surface area contributed by atoms with Crippen LogP contribution in [-0.4, -0.2) is 31.4 Å². The van der Waals surface area contributed by atoms with Gasteiger partial charge in [0.25, 0.3) is 5.92 Å². The summed E-state index contributed by atoms with van der Waals surface area (Å²) in [7, 11) is 1.47. The lowest BCUT2D eigenvalue weighted by molar-refractivity contribution is -0.147. The molecule has 0 bridgehead atoms. The van der Waals surface area contributed by atoms with Gasteiger partial charge in [0.05, 0.1) is 7.11 Å². The van der Waals surface area contributed by atoms with Gasteiger partial charge in [0.1, 0.15) is 19.0 Å². The van der Waals surface area contributed by atoms with Crippen LogP contribution in [0.4, 0.5) is 8.78 Å². The second-order valence-electron chi connectivity index (χ2n) is 4.45. The Labute approximate surface area is 119 Å². The number of aliphatic carboxylic acids is 1. The van der Waals surface area contributed by atoms with Gasteiger partial charge in [-0.3, -0.25) is 0 Å². The van der Waals surface area contributed by atoms with Crippen molar-refractivity contribution in [2.45, 2.75) is 5.92 Å². The van der Waals surface area contributed by atoms with Crippen molar-refractivity contribution in [3.63, 3.8) is 0 Å². The summed E-state index contributed by atoms with van der Waals surface area (Å²) in [5.74, 6) is -4.08. The number of carbonyl (C=O) groups is 1. The molecular weight excluding hydrogens is 282 g/mol. The van der Waals surface area contributed by atoms with Crippen molar-refractivity contribution >= 4 is 16.7 Å². The number of rotatable bonds is 6. The van der Waals surface area contributed by atoms with Crippen molar-refractivity contribution in [2.24, 2.45) is 0 Å². The minimum absolute atomic E-state index is 0.218. The van der Waals surface area contributed by atoms with Crippen molar-refractivity contribution in [3.05, 3.63) is 42.0 Å². The van der Waals surface area contributed by atoms with Gasteiger partial charge in [-0.15, -0.1) is 0 Å². The summed E-state index contributed by atoms with van der Waals surface area (Å²) in [6.45, 7) is -1.75. The van der Waals surface area contributed by atoms with Crippen LogP contribution in [0.15, 0.2) is 36.4 Å². The Morgan fingerprint density at radius 3 is 2.48 bits per heavy atom. The summed E-state index contributed by atoms with van der Waals surface area (Å²) >= 11 is 0. The average molecular weight is 296 g/mol. The smallest absolute Gasteiger partial charge is 0.329 e. The molecule has 0 aliphatic heterocycles. The van der Waals surface area contributed by atoms with Gasteiger partial charge in [-0.2, -0.15) is 8.78 Å². The molecule has 0 aliphatic carbocycles. The van der Waals surface area contributed by atoms with Crippen LogP contribution in [0.2, 0.25) is 0 Å². The Hall–Kier alpha value is -2.21. The molecule has 1 N–H and O–H groups in total. The zero-order valence-electron chi connectivity index (χ0n) is 11.3. The molecule has 0 saturated carbocycles. The van der Waals surface area contributed by atoms with Crippen molar-refractivity contribution in [1.82, 2.24) is 0 Å². The third-order valence-electron chi connectivity index (χ3n) is 3.01. The van der Waals surface area contributed by atoms with E-state index in [-0.39, 0.29) is 5.56 Å². The molecule has 0 atom stereocenters. The fourth-order valence-corrected chi connectivity index (χ4v) is 2.11. The fourth-order valence-electron chi connectivity index (χ4n) is 2.11. The first kappa shape index (κ1) is 15.2. The van der Waals surface area contributed by atoms with Crippen LogP contribution in [0.5, 0.6) is 5.75 Å². The van der Waals surface area contributed by atoms with Gasteiger partial charge in [-0.25, -0.2) is 4.79 Å². The van der Waals surface area contributed by atoms with Gasteiger partial charge >= 0.3 is 5.97 Å². The van der Waals surface area contributed by atoms with E-state index in [9.17, 15) is 13.6 Å². The molecule has 21 heavy (non-hydrogen) atoms. The molecule has 2 aromatic rings. The van der Waals surface area contributed by atoms with E-state index in [2.05, 4.69) is 4.74 Å². The number of carboxylic acids is 1. The molecule has 112 valence electrons. The van der Waals surface area contributed by atoms with Gasteiger partial charge < -0.3 is 14.6 Å². The van der Waals surface area contributed by atoms with Crippen molar-refractivity contribution in [3.8, 4) is 5.75 Å². The molecule has 0 heterocycles. The summed E-state index contributed by atoms with van der Waals surface area (Å²) in [5, 5.41) is 9.35. The summed E-state index contributed by atoms with van der Waals surface area (Å²) in [6.07, 6.45) is 0. The molecule has 0 aromatic heterocycles. The quantitative estimate of drug-likeness (QED) is 0.890. The topological polar surface area (TPSA) is 55.8 Å². The third kappa shape index (κ3) is 3.28. The van der Waals surface area contributed by atoms with Gasteiger partial charge in [0.2, 0.25) is 0 Å². The first-order valence-corrected chi connectivity index (χ1v) is 6.19. The summed E-state index contributed by atoms with van der Waals surface area (Å²) in [6, 6.07) is 9.37. The Morgan fingerprint density at radius 1 is 1.19 bits per heavy atom. The van der Waals surface area contributed by atoms with E-state index >= 15 is 0 Å². The molecule has 0 radical (unpaired) electrons. The van der Waals surface area contributed by atoms with Crippen LogP contribution >= 0.6 is 0 Å². The first-order chi connectivity index (χ1) is 9.95. The lowest BCUT2D eigenvalue weighted by atomic mass is 9.99. The van der Waals surface area contributed by atoms with E-state index in [0.717, 1.165) is 0 Å². The van der Waals surface area contributed by atoms with E-state index in [1.54, 1.807) is 24.3 Å².